The average Bonchev–Trinajstić information content (AvgIpc) is 2.84. The number of rotatable bonds is 4. The lowest BCUT2D eigenvalue weighted by Gasteiger charge is -2.34. The third-order valence-electron chi connectivity index (χ3n) is 3.96. The van der Waals surface area contributed by atoms with Crippen LogP contribution in [0.5, 0.6) is 0 Å². The van der Waals surface area contributed by atoms with Crippen molar-refractivity contribution in [3.63, 3.8) is 0 Å². The molecule has 1 saturated carbocycles. The van der Waals surface area contributed by atoms with Gasteiger partial charge in [0.2, 0.25) is 10.0 Å². The first-order valence-corrected chi connectivity index (χ1v) is 8.37. The maximum absolute atomic E-state index is 12.4. The second-order valence-corrected chi connectivity index (χ2v) is 7.42. The summed E-state index contributed by atoms with van der Waals surface area (Å²) in [5, 5.41) is 3.28. The minimum Gasteiger partial charge on any atom is -0.313 e. The Morgan fingerprint density at radius 3 is 2.53 bits per heavy atom. The Kier molecular flexibility index (Phi) is 4.44. The molecule has 0 aromatic rings. The standard InChI is InChI=1S/C12H24N2O2S/c1-2-13-11-6-5-9-14(10-11)17(15,16)12-7-3-4-8-12/h11-13H,2-10H2,1H3. The SMILES string of the molecule is CCNC1CCCN(S(=O)(=O)C2CCCC2)C1. The van der Waals surface area contributed by atoms with Crippen LogP contribution in [0, 0.1) is 0 Å². The number of nitrogens with one attached hydrogen (secondary N) is 1. The maximum Gasteiger partial charge on any atom is 0.217 e. The van der Waals surface area contributed by atoms with Gasteiger partial charge in [0.15, 0.2) is 0 Å². The Hall–Kier alpha value is -0.130. The molecule has 1 unspecified atom stereocenters. The summed E-state index contributed by atoms with van der Waals surface area (Å²) < 4.78 is 26.6. The predicted molar refractivity (Wildman–Crippen MR) is 69.4 cm³/mol. The summed E-state index contributed by atoms with van der Waals surface area (Å²) in [6, 6.07) is 0.352. The zero-order valence-corrected chi connectivity index (χ0v) is 11.5. The molecule has 1 heterocycles. The quantitative estimate of drug-likeness (QED) is 0.829. The molecular formula is C12H24N2O2S. The first-order valence-electron chi connectivity index (χ1n) is 6.87. The number of piperidine rings is 1. The fraction of sp³-hybridized carbons (Fsp3) is 1.00. The monoisotopic (exact) mass is 260 g/mol. The Balaban J connectivity index is 2.00. The number of nitrogens with zero attached hydrogens (tertiary/aromatic N) is 1. The van der Waals surface area contributed by atoms with Gasteiger partial charge in [0.05, 0.1) is 5.25 Å². The zero-order valence-electron chi connectivity index (χ0n) is 10.7. The van der Waals surface area contributed by atoms with Crippen molar-refractivity contribution in [3.8, 4) is 0 Å². The summed E-state index contributed by atoms with van der Waals surface area (Å²) in [6.07, 6.45) is 5.98. The zero-order chi connectivity index (χ0) is 12.3. The molecule has 17 heavy (non-hydrogen) atoms. The molecule has 0 radical (unpaired) electrons. The molecule has 2 fully saturated rings. The van der Waals surface area contributed by atoms with E-state index in [1.807, 2.05) is 0 Å². The lowest BCUT2D eigenvalue weighted by molar-refractivity contribution is 0.283. The van der Waals surface area contributed by atoms with Crippen molar-refractivity contribution in [2.24, 2.45) is 0 Å². The third-order valence-corrected chi connectivity index (χ3v) is 6.33. The van der Waals surface area contributed by atoms with Gasteiger partial charge >= 0.3 is 0 Å². The van der Waals surface area contributed by atoms with Gasteiger partial charge in [-0.05, 0) is 32.2 Å². The molecular weight excluding hydrogens is 236 g/mol. The molecule has 5 heteroatoms. The summed E-state index contributed by atoms with van der Waals surface area (Å²) in [4.78, 5) is 0. The average molecular weight is 260 g/mol. The molecule has 0 amide bonds. The molecule has 0 spiro atoms. The number of sulfonamides is 1. The number of hydrogen-bond acceptors (Lipinski definition) is 3. The Bertz CT molecular complexity index is 334. The normalized spacial score (nSPS) is 28.6. The molecule has 0 aromatic heterocycles. The van der Waals surface area contributed by atoms with E-state index in [4.69, 9.17) is 0 Å². The summed E-state index contributed by atoms with van der Waals surface area (Å²) in [5.41, 5.74) is 0. The highest BCUT2D eigenvalue weighted by Gasteiger charge is 2.36. The van der Waals surface area contributed by atoms with E-state index >= 15 is 0 Å². The van der Waals surface area contributed by atoms with Gasteiger partial charge in [-0.2, -0.15) is 0 Å². The van der Waals surface area contributed by atoms with E-state index in [0.717, 1.165) is 51.6 Å². The first-order chi connectivity index (χ1) is 8.14. The van der Waals surface area contributed by atoms with Gasteiger partial charge < -0.3 is 5.32 Å². The van der Waals surface area contributed by atoms with Crippen LogP contribution in [0.15, 0.2) is 0 Å². The van der Waals surface area contributed by atoms with Gasteiger partial charge in [-0.15, -0.1) is 0 Å². The van der Waals surface area contributed by atoms with Gasteiger partial charge in [-0.25, -0.2) is 12.7 Å². The van der Waals surface area contributed by atoms with Crippen LogP contribution >= 0.6 is 0 Å². The van der Waals surface area contributed by atoms with Crippen LogP contribution in [0.3, 0.4) is 0 Å². The molecule has 0 aromatic carbocycles. The second-order valence-electron chi connectivity index (χ2n) is 5.21. The Morgan fingerprint density at radius 2 is 1.88 bits per heavy atom. The predicted octanol–water partition coefficient (Wildman–Crippen LogP) is 1.33. The third kappa shape index (κ3) is 3.01. The second kappa shape index (κ2) is 5.67. The van der Waals surface area contributed by atoms with Gasteiger partial charge in [-0.3, -0.25) is 0 Å². The minimum absolute atomic E-state index is 0.0946. The molecule has 0 bridgehead atoms. The van der Waals surface area contributed by atoms with Crippen molar-refractivity contribution in [1.29, 1.82) is 0 Å². The Morgan fingerprint density at radius 1 is 1.18 bits per heavy atom. The fourth-order valence-corrected chi connectivity index (χ4v) is 5.15. The van der Waals surface area contributed by atoms with E-state index in [0.29, 0.717) is 12.6 Å². The molecule has 2 rings (SSSR count). The smallest absolute Gasteiger partial charge is 0.217 e. The minimum atomic E-state index is -3.02. The van der Waals surface area contributed by atoms with E-state index < -0.39 is 10.0 Å². The van der Waals surface area contributed by atoms with E-state index in [9.17, 15) is 8.42 Å². The summed E-state index contributed by atoms with van der Waals surface area (Å²) in [5.74, 6) is 0. The lowest BCUT2D eigenvalue weighted by Crippen LogP contribution is -2.50. The van der Waals surface area contributed by atoms with Crippen LogP contribution in [-0.2, 0) is 10.0 Å². The molecule has 1 N–H and O–H groups in total. The van der Waals surface area contributed by atoms with Crippen molar-refractivity contribution >= 4 is 10.0 Å². The molecule has 1 aliphatic heterocycles. The maximum atomic E-state index is 12.4. The number of likely N-dealkylation sites (N-methyl/N-ethyl adjacent to an activating group) is 1. The van der Waals surface area contributed by atoms with Gasteiger partial charge in [-0.1, -0.05) is 19.8 Å². The van der Waals surface area contributed by atoms with E-state index in [2.05, 4.69) is 12.2 Å². The molecule has 2 aliphatic rings. The van der Waals surface area contributed by atoms with Crippen molar-refractivity contribution < 1.29 is 8.42 Å². The highest BCUT2D eigenvalue weighted by Crippen LogP contribution is 2.28. The van der Waals surface area contributed by atoms with Crippen molar-refractivity contribution in [1.82, 2.24) is 9.62 Å². The van der Waals surface area contributed by atoms with Crippen LogP contribution < -0.4 is 5.32 Å². The van der Waals surface area contributed by atoms with Crippen molar-refractivity contribution in [2.45, 2.75) is 56.7 Å². The van der Waals surface area contributed by atoms with Gasteiger partial charge in [0, 0.05) is 19.1 Å². The van der Waals surface area contributed by atoms with Crippen molar-refractivity contribution in [3.05, 3.63) is 0 Å². The summed E-state index contributed by atoms with van der Waals surface area (Å²) in [6.45, 7) is 4.39. The van der Waals surface area contributed by atoms with Crippen LogP contribution in [0.2, 0.25) is 0 Å². The molecule has 100 valence electrons. The first kappa shape index (κ1) is 13.3. The van der Waals surface area contributed by atoms with Crippen LogP contribution in [0.4, 0.5) is 0 Å². The Labute approximate surface area is 105 Å². The highest BCUT2D eigenvalue weighted by molar-refractivity contribution is 7.89. The summed E-state index contributed by atoms with van der Waals surface area (Å²) in [7, 11) is -3.02. The topological polar surface area (TPSA) is 49.4 Å². The van der Waals surface area contributed by atoms with Gasteiger partial charge in [0.25, 0.3) is 0 Å². The van der Waals surface area contributed by atoms with E-state index in [-0.39, 0.29) is 5.25 Å². The molecule has 1 atom stereocenters. The van der Waals surface area contributed by atoms with E-state index in [1.165, 1.54) is 0 Å². The fourth-order valence-electron chi connectivity index (χ4n) is 3.03. The van der Waals surface area contributed by atoms with Crippen LogP contribution in [-0.4, -0.2) is 43.6 Å². The largest absolute Gasteiger partial charge is 0.313 e. The molecule has 1 aliphatic carbocycles. The van der Waals surface area contributed by atoms with Crippen LogP contribution in [0.25, 0.3) is 0 Å². The lowest BCUT2D eigenvalue weighted by atomic mass is 10.1. The van der Waals surface area contributed by atoms with Crippen LogP contribution in [0.1, 0.15) is 45.4 Å². The van der Waals surface area contributed by atoms with Gasteiger partial charge in [0.1, 0.15) is 0 Å². The highest BCUT2D eigenvalue weighted by atomic mass is 32.2. The van der Waals surface area contributed by atoms with Crippen molar-refractivity contribution in [2.75, 3.05) is 19.6 Å². The molecule has 1 saturated heterocycles. The molecule has 4 nitrogen and oxygen atoms in total. The van der Waals surface area contributed by atoms with E-state index in [1.54, 1.807) is 4.31 Å². The number of hydrogen-bond donors (Lipinski definition) is 1. The summed E-state index contributed by atoms with van der Waals surface area (Å²) >= 11 is 0.